The third-order valence-electron chi connectivity index (χ3n) is 4.51. The van der Waals surface area contributed by atoms with Crippen LogP contribution < -0.4 is 0 Å². The average molecular weight is 284 g/mol. The van der Waals surface area contributed by atoms with E-state index in [-0.39, 0.29) is 5.92 Å². The topological polar surface area (TPSA) is 40.5 Å². The predicted molar refractivity (Wildman–Crippen MR) is 87.3 cm³/mol. The lowest BCUT2D eigenvalue weighted by Crippen LogP contribution is -2.05. The maximum Gasteiger partial charge on any atom is 0.121 e. The second kappa shape index (κ2) is 5.80. The Balaban J connectivity index is 2.61. The summed E-state index contributed by atoms with van der Waals surface area (Å²) in [6.45, 7) is 9.89. The third-order valence-corrected chi connectivity index (χ3v) is 4.51. The third kappa shape index (κ3) is 2.63. The summed E-state index contributed by atoms with van der Waals surface area (Å²) in [6.07, 6.45) is 0.923. The van der Waals surface area contributed by atoms with Gasteiger partial charge in [0.2, 0.25) is 0 Å². The van der Waals surface area contributed by atoms with Crippen molar-refractivity contribution in [3.05, 3.63) is 57.6 Å². The van der Waals surface area contributed by atoms with Gasteiger partial charge in [0.25, 0.3) is 0 Å². The first-order valence-corrected chi connectivity index (χ1v) is 7.46. The lowest BCUT2D eigenvalue weighted by molar-refractivity contribution is 0.463. The summed E-state index contributed by atoms with van der Waals surface area (Å²) in [6, 6.07) is 8.11. The molecule has 2 nitrogen and oxygen atoms in total. The fourth-order valence-corrected chi connectivity index (χ4v) is 3.06. The highest BCUT2D eigenvalue weighted by molar-refractivity contribution is 5.52. The number of hydrogen-bond acceptors (Lipinski definition) is 2. The molecule has 21 heavy (non-hydrogen) atoms. The summed E-state index contributed by atoms with van der Waals surface area (Å²) in [5.74, 6) is 0.933. The molecule has 0 aromatic heterocycles. The lowest BCUT2D eigenvalue weighted by Gasteiger charge is -2.22. The highest BCUT2D eigenvalue weighted by Crippen LogP contribution is 2.38. The number of aryl methyl sites for hydroxylation is 2. The smallest absolute Gasteiger partial charge is 0.121 e. The molecule has 0 bridgehead atoms. The Bertz CT molecular complexity index is 614. The lowest BCUT2D eigenvalue weighted by atomic mass is 9.83. The van der Waals surface area contributed by atoms with Gasteiger partial charge in [0.05, 0.1) is 0 Å². The van der Waals surface area contributed by atoms with E-state index >= 15 is 0 Å². The van der Waals surface area contributed by atoms with Gasteiger partial charge in [0, 0.05) is 5.92 Å². The molecule has 0 aliphatic carbocycles. The highest BCUT2D eigenvalue weighted by Gasteiger charge is 2.20. The zero-order valence-electron chi connectivity index (χ0n) is 13.5. The first kappa shape index (κ1) is 15.4. The Morgan fingerprint density at radius 3 is 1.48 bits per heavy atom. The van der Waals surface area contributed by atoms with E-state index in [9.17, 15) is 10.2 Å². The van der Waals surface area contributed by atoms with Crippen molar-refractivity contribution in [2.45, 2.75) is 47.0 Å². The van der Waals surface area contributed by atoms with Gasteiger partial charge >= 0.3 is 0 Å². The summed E-state index contributed by atoms with van der Waals surface area (Å²) >= 11 is 0. The molecule has 0 saturated heterocycles. The van der Waals surface area contributed by atoms with Gasteiger partial charge in [0.1, 0.15) is 11.5 Å². The normalized spacial score (nSPS) is 11.1. The highest BCUT2D eigenvalue weighted by atomic mass is 16.3. The first-order chi connectivity index (χ1) is 9.88. The van der Waals surface area contributed by atoms with Crippen LogP contribution >= 0.6 is 0 Å². The zero-order valence-corrected chi connectivity index (χ0v) is 13.5. The first-order valence-electron chi connectivity index (χ1n) is 7.46. The van der Waals surface area contributed by atoms with Crippen LogP contribution in [0.4, 0.5) is 0 Å². The van der Waals surface area contributed by atoms with Crippen molar-refractivity contribution in [1.29, 1.82) is 0 Å². The van der Waals surface area contributed by atoms with E-state index in [1.807, 2.05) is 39.8 Å². The van der Waals surface area contributed by atoms with E-state index in [0.29, 0.717) is 11.5 Å². The molecule has 0 unspecified atom stereocenters. The molecule has 0 amide bonds. The minimum Gasteiger partial charge on any atom is -0.507 e. The standard InChI is InChI=1S/C19H24O2/c1-6-15(16-9-7-11(2)18(20)13(16)4)17-10-8-12(3)19(21)14(17)5/h7-10,15,20-21H,6H2,1-5H3. The molecule has 0 atom stereocenters. The van der Waals surface area contributed by atoms with Crippen LogP contribution in [0.25, 0.3) is 0 Å². The van der Waals surface area contributed by atoms with E-state index in [1.54, 1.807) is 0 Å². The average Bonchev–Trinajstić information content (AvgIpc) is 2.47. The number of phenols is 2. The van der Waals surface area contributed by atoms with Crippen LogP contribution in [0.2, 0.25) is 0 Å². The van der Waals surface area contributed by atoms with Crippen LogP contribution in [0.1, 0.15) is 52.6 Å². The number of benzene rings is 2. The van der Waals surface area contributed by atoms with Crippen molar-refractivity contribution < 1.29 is 10.2 Å². The molecule has 0 aliphatic rings. The van der Waals surface area contributed by atoms with Gasteiger partial charge in [0.15, 0.2) is 0 Å². The van der Waals surface area contributed by atoms with E-state index in [2.05, 4.69) is 19.1 Å². The molecule has 2 N–H and O–H groups in total. The van der Waals surface area contributed by atoms with Gasteiger partial charge in [-0.3, -0.25) is 0 Å². The van der Waals surface area contributed by atoms with E-state index in [1.165, 1.54) is 0 Å². The molecule has 2 heteroatoms. The maximum atomic E-state index is 10.2. The van der Waals surface area contributed by atoms with Gasteiger partial charge in [-0.15, -0.1) is 0 Å². The fraction of sp³-hybridized carbons (Fsp3) is 0.368. The van der Waals surface area contributed by atoms with Crippen molar-refractivity contribution >= 4 is 0 Å². The molecule has 2 aromatic carbocycles. The Morgan fingerprint density at radius 2 is 1.14 bits per heavy atom. The number of aromatic hydroxyl groups is 2. The quantitative estimate of drug-likeness (QED) is 0.844. The van der Waals surface area contributed by atoms with Crippen LogP contribution in [-0.2, 0) is 0 Å². The second-order valence-electron chi connectivity index (χ2n) is 5.85. The van der Waals surface area contributed by atoms with Crippen molar-refractivity contribution in [3.63, 3.8) is 0 Å². The minimum atomic E-state index is 0.183. The molecule has 2 rings (SSSR count). The van der Waals surface area contributed by atoms with Crippen molar-refractivity contribution in [3.8, 4) is 11.5 Å². The maximum absolute atomic E-state index is 10.2. The summed E-state index contributed by atoms with van der Waals surface area (Å²) < 4.78 is 0. The molecule has 2 aromatic rings. The van der Waals surface area contributed by atoms with E-state index < -0.39 is 0 Å². The van der Waals surface area contributed by atoms with Crippen molar-refractivity contribution in [1.82, 2.24) is 0 Å². The molecule has 0 radical (unpaired) electrons. The summed E-state index contributed by atoms with van der Waals surface area (Å²) in [5, 5.41) is 20.4. The molecular weight excluding hydrogens is 260 g/mol. The van der Waals surface area contributed by atoms with Gasteiger partial charge in [-0.1, -0.05) is 31.2 Å². The molecule has 0 aliphatic heterocycles. The molecule has 0 fully saturated rings. The van der Waals surface area contributed by atoms with Crippen molar-refractivity contribution in [2.75, 3.05) is 0 Å². The molecule has 112 valence electrons. The van der Waals surface area contributed by atoms with E-state index in [4.69, 9.17) is 0 Å². The van der Waals surface area contributed by atoms with Gasteiger partial charge in [-0.05, 0) is 67.5 Å². The zero-order chi connectivity index (χ0) is 15.7. The second-order valence-corrected chi connectivity index (χ2v) is 5.85. The molecule has 0 saturated carbocycles. The van der Waals surface area contributed by atoms with Gasteiger partial charge in [-0.2, -0.15) is 0 Å². The van der Waals surface area contributed by atoms with Crippen LogP contribution in [-0.4, -0.2) is 10.2 Å². The summed E-state index contributed by atoms with van der Waals surface area (Å²) in [5.41, 5.74) is 5.92. The monoisotopic (exact) mass is 284 g/mol. The van der Waals surface area contributed by atoms with Gasteiger partial charge in [-0.25, -0.2) is 0 Å². The number of rotatable bonds is 3. The van der Waals surface area contributed by atoms with Gasteiger partial charge < -0.3 is 10.2 Å². The van der Waals surface area contributed by atoms with Crippen LogP contribution in [0.15, 0.2) is 24.3 Å². The predicted octanol–water partition coefficient (Wildman–Crippen LogP) is 4.87. The molecular formula is C19H24O2. The largest absolute Gasteiger partial charge is 0.507 e. The summed E-state index contributed by atoms with van der Waals surface area (Å²) in [4.78, 5) is 0. The fourth-order valence-electron chi connectivity index (χ4n) is 3.06. The van der Waals surface area contributed by atoms with E-state index in [0.717, 1.165) is 39.8 Å². The van der Waals surface area contributed by atoms with Crippen LogP contribution in [0.5, 0.6) is 11.5 Å². The molecule has 0 spiro atoms. The number of phenolic OH excluding ortho intramolecular Hbond substituents is 2. The number of hydrogen-bond donors (Lipinski definition) is 2. The Labute approximate surface area is 127 Å². The minimum absolute atomic E-state index is 0.183. The Morgan fingerprint density at radius 1 is 0.762 bits per heavy atom. The Hall–Kier alpha value is -1.96. The SMILES string of the molecule is CCC(c1ccc(C)c(O)c1C)c1ccc(C)c(O)c1C. The molecule has 0 heterocycles. The van der Waals surface area contributed by atoms with Crippen molar-refractivity contribution in [2.24, 2.45) is 0 Å². The van der Waals surface area contributed by atoms with Crippen LogP contribution in [0, 0.1) is 27.7 Å². The summed E-state index contributed by atoms with van der Waals surface area (Å²) in [7, 11) is 0. The van der Waals surface area contributed by atoms with Crippen LogP contribution in [0.3, 0.4) is 0 Å². The Kier molecular flexibility index (Phi) is 4.26.